The number of benzene rings is 1. The highest BCUT2D eigenvalue weighted by atomic mass is 35.5. The number of nitrogens with one attached hydrogen (secondary N) is 1. The lowest BCUT2D eigenvalue weighted by molar-refractivity contribution is -0.117. The Kier molecular flexibility index (Phi) is 5.20. The Balaban J connectivity index is 1.47. The summed E-state index contributed by atoms with van der Waals surface area (Å²) in [6.45, 7) is 1.88. The molecule has 1 aliphatic heterocycles. The average molecular weight is 346 g/mol. The maximum Gasteiger partial charge on any atom is 0.225 e. The number of carbonyl (C=O) groups excluding carboxylic acids is 1. The van der Waals surface area contributed by atoms with Gasteiger partial charge in [-0.15, -0.1) is 0 Å². The molecule has 6 heteroatoms. The summed E-state index contributed by atoms with van der Waals surface area (Å²) in [5, 5.41) is 12.7. The normalized spacial score (nSPS) is 15.3. The summed E-state index contributed by atoms with van der Waals surface area (Å²) in [7, 11) is 0. The van der Waals surface area contributed by atoms with Crippen molar-refractivity contribution in [3.63, 3.8) is 0 Å². The van der Waals surface area contributed by atoms with Gasteiger partial charge in [0.2, 0.25) is 5.91 Å². The van der Waals surface area contributed by atoms with Gasteiger partial charge in [-0.2, -0.15) is 0 Å². The molecule has 0 aliphatic carbocycles. The second kappa shape index (κ2) is 7.53. The molecule has 126 valence electrons. The van der Waals surface area contributed by atoms with Crippen LogP contribution in [0.3, 0.4) is 0 Å². The van der Waals surface area contributed by atoms with Gasteiger partial charge in [0.25, 0.3) is 0 Å². The predicted octanol–water partition coefficient (Wildman–Crippen LogP) is 3.69. The number of aromatic hydroxyl groups is 1. The molecule has 2 N–H and O–H groups in total. The number of pyridine rings is 1. The number of aromatic nitrogens is 1. The van der Waals surface area contributed by atoms with Crippen LogP contribution in [0.15, 0.2) is 42.6 Å². The second-order valence-electron chi connectivity index (χ2n) is 6.06. The van der Waals surface area contributed by atoms with E-state index in [0.29, 0.717) is 18.2 Å². The highest BCUT2D eigenvalue weighted by Crippen LogP contribution is 2.26. The molecule has 2 aromatic rings. The van der Waals surface area contributed by atoms with E-state index in [4.69, 9.17) is 11.6 Å². The Hall–Kier alpha value is -2.27. The number of hydrogen-bond acceptors (Lipinski definition) is 4. The fraction of sp³-hybridized carbons (Fsp3) is 0.333. The lowest BCUT2D eigenvalue weighted by atomic mass is 9.93. The Labute approximate surface area is 146 Å². The molecule has 0 atom stereocenters. The van der Waals surface area contributed by atoms with Crippen LogP contribution in [0.25, 0.3) is 0 Å². The summed E-state index contributed by atoms with van der Waals surface area (Å²) in [4.78, 5) is 18.4. The van der Waals surface area contributed by atoms with Crippen molar-refractivity contribution in [2.24, 2.45) is 5.92 Å². The predicted molar refractivity (Wildman–Crippen MR) is 95.5 cm³/mol. The zero-order valence-electron chi connectivity index (χ0n) is 13.3. The minimum atomic E-state index is -0.0295. The minimum absolute atomic E-state index is 0.0295. The first-order valence-corrected chi connectivity index (χ1v) is 8.43. The van der Waals surface area contributed by atoms with Crippen molar-refractivity contribution < 1.29 is 9.90 Å². The molecule has 3 rings (SSSR count). The Bertz CT molecular complexity index is 680. The van der Waals surface area contributed by atoms with Gasteiger partial charge in [0.05, 0.1) is 6.20 Å². The van der Waals surface area contributed by atoms with E-state index in [1.54, 1.807) is 6.07 Å². The van der Waals surface area contributed by atoms with Gasteiger partial charge in [-0.25, -0.2) is 4.98 Å². The highest BCUT2D eigenvalue weighted by Gasteiger charge is 2.21. The number of carbonyl (C=O) groups is 1. The summed E-state index contributed by atoms with van der Waals surface area (Å²) < 4.78 is 0. The molecule has 1 aromatic carbocycles. The fourth-order valence-electron chi connectivity index (χ4n) is 2.96. The van der Waals surface area contributed by atoms with Crippen molar-refractivity contribution in [3.05, 3.63) is 47.6 Å². The van der Waals surface area contributed by atoms with Crippen LogP contribution in [0.4, 0.5) is 11.5 Å². The number of hydrogen-bond donors (Lipinski definition) is 2. The number of halogens is 1. The van der Waals surface area contributed by atoms with Gasteiger partial charge in [-0.1, -0.05) is 11.6 Å². The van der Waals surface area contributed by atoms with Crippen LogP contribution < -0.4 is 10.2 Å². The molecule has 0 unspecified atom stereocenters. The summed E-state index contributed by atoms with van der Waals surface area (Å²) in [6.07, 6.45) is 3.79. The third-order valence-electron chi connectivity index (χ3n) is 4.30. The first-order valence-electron chi connectivity index (χ1n) is 8.05. The third kappa shape index (κ3) is 4.38. The quantitative estimate of drug-likeness (QED) is 0.887. The highest BCUT2D eigenvalue weighted by molar-refractivity contribution is 6.30. The zero-order chi connectivity index (χ0) is 16.9. The van der Waals surface area contributed by atoms with Crippen LogP contribution in [0.2, 0.25) is 5.02 Å². The van der Waals surface area contributed by atoms with Crippen LogP contribution in [0.1, 0.15) is 19.3 Å². The van der Waals surface area contributed by atoms with Crippen LogP contribution in [-0.4, -0.2) is 29.1 Å². The Morgan fingerprint density at radius 2 is 1.92 bits per heavy atom. The minimum Gasteiger partial charge on any atom is -0.506 e. The van der Waals surface area contributed by atoms with E-state index < -0.39 is 0 Å². The number of nitrogens with zero attached hydrogens (tertiary/aromatic N) is 2. The van der Waals surface area contributed by atoms with Gasteiger partial charge in [0.1, 0.15) is 11.6 Å². The SMILES string of the molecule is O=C(CC1CCN(c2ccc(Cl)cc2)CC1)Nc1ccc(O)cn1. The molecule has 1 saturated heterocycles. The van der Waals surface area contributed by atoms with Crippen LogP contribution >= 0.6 is 11.6 Å². The second-order valence-corrected chi connectivity index (χ2v) is 6.50. The third-order valence-corrected chi connectivity index (χ3v) is 4.55. The molecule has 2 heterocycles. The molecule has 1 aromatic heterocycles. The van der Waals surface area contributed by atoms with Crippen molar-refractivity contribution in [1.29, 1.82) is 0 Å². The fourth-order valence-corrected chi connectivity index (χ4v) is 3.09. The molecule has 5 nitrogen and oxygen atoms in total. The summed E-state index contributed by atoms with van der Waals surface area (Å²) in [5.41, 5.74) is 1.18. The maximum absolute atomic E-state index is 12.1. The van der Waals surface area contributed by atoms with Gasteiger partial charge < -0.3 is 15.3 Å². The van der Waals surface area contributed by atoms with E-state index >= 15 is 0 Å². The zero-order valence-corrected chi connectivity index (χ0v) is 14.0. The van der Waals surface area contributed by atoms with E-state index in [0.717, 1.165) is 31.0 Å². The molecule has 1 aliphatic rings. The summed E-state index contributed by atoms with van der Waals surface area (Å²) >= 11 is 5.92. The molecule has 0 radical (unpaired) electrons. The molecule has 0 bridgehead atoms. The molecule has 1 amide bonds. The smallest absolute Gasteiger partial charge is 0.225 e. The van der Waals surface area contributed by atoms with Crippen molar-refractivity contribution in [3.8, 4) is 5.75 Å². The van der Waals surface area contributed by atoms with Crippen LogP contribution in [0, 0.1) is 5.92 Å². The van der Waals surface area contributed by atoms with Gasteiger partial charge in [-0.05, 0) is 55.2 Å². The van der Waals surface area contributed by atoms with E-state index in [1.165, 1.54) is 18.0 Å². The molecule has 24 heavy (non-hydrogen) atoms. The van der Waals surface area contributed by atoms with Crippen molar-refractivity contribution in [1.82, 2.24) is 4.98 Å². The average Bonchev–Trinajstić information content (AvgIpc) is 2.58. The Morgan fingerprint density at radius 3 is 2.54 bits per heavy atom. The monoisotopic (exact) mass is 345 g/mol. The van der Waals surface area contributed by atoms with Crippen LogP contribution in [-0.2, 0) is 4.79 Å². The summed E-state index contributed by atoms with van der Waals surface area (Å²) in [5.74, 6) is 0.905. The lowest BCUT2D eigenvalue weighted by Gasteiger charge is -2.33. The topological polar surface area (TPSA) is 65.5 Å². The number of rotatable bonds is 4. The number of anilines is 2. The van der Waals surface area contributed by atoms with E-state index in [1.807, 2.05) is 24.3 Å². The molecule has 0 spiro atoms. The van der Waals surface area contributed by atoms with Gasteiger partial charge >= 0.3 is 0 Å². The molecular formula is C18H20ClN3O2. The summed E-state index contributed by atoms with van der Waals surface area (Å²) in [6, 6.07) is 11.0. The van der Waals surface area contributed by atoms with Crippen molar-refractivity contribution in [2.45, 2.75) is 19.3 Å². The largest absolute Gasteiger partial charge is 0.506 e. The molecule has 0 saturated carbocycles. The maximum atomic E-state index is 12.1. The van der Waals surface area contributed by atoms with Crippen molar-refractivity contribution in [2.75, 3.05) is 23.3 Å². The van der Waals surface area contributed by atoms with Crippen molar-refractivity contribution >= 4 is 29.0 Å². The number of piperidine rings is 1. The van der Waals surface area contributed by atoms with Gasteiger partial charge in [0, 0.05) is 30.2 Å². The lowest BCUT2D eigenvalue weighted by Crippen LogP contribution is -2.34. The Morgan fingerprint density at radius 1 is 1.21 bits per heavy atom. The van der Waals surface area contributed by atoms with Gasteiger partial charge in [-0.3, -0.25) is 4.79 Å². The first kappa shape index (κ1) is 16.6. The molecular weight excluding hydrogens is 326 g/mol. The molecule has 1 fully saturated rings. The number of amides is 1. The van der Waals surface area contributed by atoms with E-state index in [-0.39, 0.29) is 11.7 Å². The van der Waals surface area contributed by atoms with Crippen LogP contribution in [0.5, 0.6) is 5.75 Å². The van der Waals surface area contributed by atoms with E-state index in [9.17, 15) is 9.90 Å². The van der Waals surface area contributed by atoms with E-state index in [2.05, 4.69) is 15.2 Å². The van der Waals surface area contributed by atoms with Gasteiger partial charge in [0.15, 0.2) is 0 Å². The standard InChI is InChI=1S/C18H20ClN3O2/c19-14-1-3-15(4-2-14)22-9-7-13(8-10-22)11-18(24)21-17-6-5-16(23)12-20-17/h1-6,12-13,23H,7-11H2,(H,20,21,24). The first-order chi connectivity index (χ1) is 11.6.